The maximum Gasteiger partial charge on any atom is 2.00 e. The summed E-state index contributed by atoms with van der Waals surface area (Å²) < 4.78 is 69.6. The first-order valence-corrected chi connectivity index (χ1v) is 22.0. The van der Waals surface area contributed by atoms with Gasteiger partial charge in [0.25, 0.3) is 0 Å². The van der Waals surface area contributed by atoms with Crippen molar-refractivity contribution in [2.45, 2.75) is 219 Å². The molecule has 0 aromatic carbocycles. The van der Waals surface area contributed by atoms with Crippen LogP contribution in [-0.4, -0.2) is 62.2 Å². The summed E-state index contributed by atoms with van der Waals surface area (Å²) >= 11 is 0. The SMILES string of the molecule is CCCCCCCCCCCCCCCCCCOS(=O)(=O)[O-].CCCCCCCCCCCCCCCCCCOS(=O)(=O)[O-].[Mg+2]. The first-order chi connectivity index (χ1) is 22.1. The Kier molecular flexibility index (Phi) is 45.2. The second kappa shape index (κ2) is 40.9. The molecule has 0 unspecified atom stereocenters. The van der Waals surface area contributed by atoms with E-state index >= 15 is 0 Å². The zero-order valence-corrected chi connectivity index (χ0v) is 33.9. The predicted octanol–water partition coefficient (Wildman–Crippen LogP) is 11.1. The van der Waals surface area contributed by atoms with E-state index in [4.69, 9.17) is 0 Å². The van der Waals surface area contributed by atoms with Crippen molar-refractivity contribution in [3.05, 3.63) is 0 Å². The second-order valence-electron chi connectivity index (χ2n) is 13.1. The van der Waals surface area contributed by atoms with Crippen LogP contribution in [0.4, 0.5) is 0 Å². The Morgan fingerprint density at radius 1 is 0.319 bits per heavy atom. The van der Waals surface area contributed by atoms with Gasteiger partial charge in [-0.1, -0.05) is 206 Å². The van der Waals surface area contributed by atoms with Gasteiger partial charge in [0.1, 0.15) is 0 Å². The molecule has 0 aromatic rings. The molecule has 47 heavy (non-hydrogen) atoms. The summed E-state index contributed by atoms with van der Waals surface area (Å²) in [5.41, 5.74) is 0. The molecular formula is C36H74MgO8S2. The second-order valence-corrected chi connectivity index (χ2v) is 15.2. The van der Waals surface area contributed by atoms with Gasteiger partial charge >= 0.3 is 23.1 Å². The molecule has 0 amide bonds. The average molecular weight is 723 g/mol. The predicted molar refractivity (Wildman–Crippen MR) is 196 cm³/mol. The van der Waals surface area contributed by atoms with E-state index in [0.29, 0.717) is 12.8 Å². The first-order valence-electron chi connectivity index (χ1n) is 19.3. The van der Waals surface area contributed by atoms with Crippen molar-refractivity contribution in [3.63, 3.8) is 0 Å². The van der Waals surface area contributed by atoms with Crippen molar-refractivity contribution in [2.75, 3.05) is 13.2 Å². The fourth-order valence-electron chi connectivity index (χ4n) is 5.62. The van der Waals surface area contributed by atoms with Crippen molar-refractivity contribution in [2.24, 2.45) is 0 Å². The quantitative estimate of drug-likeness (QED) is 0.0270. The molecule has 0 atom stereocenters. The maximum absolute atomic E-state index is 10.2. The summed E-state index contributed by atoms with van der Waals surface area (Å²) in [5.74, 6) is 0. The number of rotatable bonds is 36. The standard InChI is InChI=1S/2C18H38O4S.Mg/c2*1-2-3-4-5-6-7-8-9-10-11-12-13-14-15-16-17-18-22-23(19,20)21;/h2*2-18H2,1H3,(H,19,20,21);/q;;+2/p-2. The van der Waals surface area contributed by atoms with E-state index in [-0.39, 0.29) is 36.3 Å². The van der Waals surface area contributed by atoms with Crippen LogP contribution in [0.15, 0.2) is 0 Å². The molecule has 0 aliphatic carbocycles. The van der Waals surface area contributed by atoms with E-state index in [2.05, 4.69) is 22.2 Å². The molecule has 0 bridgehead atoms. The molecule has 11 heteroatoms. The van der Waals surface area contributed by atoms with Gasteiger partial charge in [-0.25, -0.2) is 16.8 Å². The molecule has 0 rings (SSSR count). The van der Waals surface area contributed by atoms with E-state index in [1.165, 1.54) is 167 Å². The van der Waals surface area contributed by atoms with E-state index in [9.17, 15) is 25.9 Å². The van der Waals surface area contributed by atoms with Gasteiger partial charge in [-0.3, -0.25) is 8.37 Å². The van der Waals surface area contributed by atoms with Gasteiger partial charge in [-0.2, -0.15) is 0 Å². The third-order valence-corrected chi connectivity index (χ3v) is 9.36. The van der Waals surface area contributed by atoms with E-state index in [0.717, 1.165) is 25.7 Å². The first kappa shape index (κ1) is 51.9. The molecule has 0 aliphatic rings. The summed E-state index contributed by atoms with van der Waals surface area (Å²) in [6.07, 6.45) is 40.6. The molecule has 0 heterocycles. The van der Waals surface area contributed by atoms with Crippen LogP contribution in [0.5, 0.6) is 0 Å². The average Bonchev–Trinajstić information content (AvgIpc) is 2.99. The number of hydrogen-bond acceptors (Lipinski definition) is 8. The van der Waals surface area contributed by atoms with Crippen molar-refractivity contribution in [1.82, 2.24) is 0 Å². The molecular weight excluding hydrogens is 649 g/mol. The third-order valence-electron chi connectivity index (χ3n) is 8.45. The zero-order valence-electron chi connectivity index (χ0n) is 30.8. The molecule has 0 saturated carbocycles. The minimum Gasteiger partial charge on any atom is -0.726 e. The van der Waals surface area contributed by atoms with Crippen LogP contribution < -0.4 is 0 Å². The van der Waals surface area contributed by atoms with Gasteiger partial charge in [0, 0.05) is 0 Å². The van der Waals surface area contributed by atoms with Crippen molar-refractivity contribution >= 4 is 43.9 Å². The molecule has 0 radical (unpaired) electrons. The van der Waals surface area contributed by atoms with E-state index in [1.54, 1.807) is 0 Å². The fraction of sp³-hybridized carbons (Fsp3) is 1.00. The summed E-state index contributed by atoms with van der Waals surface area (Å²) in [6, 6.07) is 0. The molecule has 0 saturated heterocycles. The maximum atomic E-state index is 10.2. The normalized spacial score (nSPS) is 11.7. The van der Waals surface area contributed by atoms with Crippen LogP contribution in [0.2, 0.25) is 0 Å². The van der Waals surface area contributed by atoms with Gasteiger partial charge in [0.05, 0.1) is 13.2 Å². The Morgan fingerprint density at radius 3 is 0.617 bits per heavy atom. The van der Waals surface area contributed by atoms with E-state index in [1.807, 2.05) is 0 Å². The smallest absolute Gasteiger partial charge is 0.726 e. The molecule has 8 nitrogen and oxygen atoms in total. The summed E-state index contributed by atoms with van der Waals surface area (Å²) in [4.78, 5) is 0. The largest absolute Gasteiger partial charge is 2.00 e. The summed E-state index contributed by atoms with van der Waals surface area (Å²) in [5, 5.41) is 0. The monoisotopic (exact) mass is 722 g/mol. The Balaban J connectivity index is -0.000000807. The van der Waals surface area contributed by atoms with Crippen LogP contribution in [0.3, 0.4) is 0 Å². The van der Waals surface area contributed by atoms with Gasteiger partial charge in [-0.15, -0.1) is 0 Å². The third kappa shape index (κ3) is 56.1. The van der Waals surface area contributed by atoms with Gasteiger partial charge < -0.3 is 9.11 Å². The van der Waals surface area contributed by atoms with Crippen molar-refractivity contribution in [3.8, 4) is 0 Å². The van der Waals surface area contributed by atoms with E-state index < -0.39 is 20.8 Å². The Bertz CT molecular complexity index is 729. The fourth-order valence-corrected chi connectivity index (χ4v) is 6.27. The van der Waals surface area contributed by atoms with Gasteiger partial charge in [-0.05, 0) is 12.8 Å². The van der Waals surface area contributed by atoms with Gasteiger partial charge in [0.2, 0.25) is 20.8 Å². The van der Waals surface area contributed by atoms with Crippen LogP contribution in [-0.2, 0) is 29.2 Å². The number of hydrogen-bond donors (Lipinski definition) is 0. The Labute approximate surface area is 309 Å². The topological polar surface area (TPSA) is 133 Å². The Morgan fingerprint density at radius 2 is 0.468 bits per heavy atom. The minimum absolute atomic E-state index is 0. The molecule has 280 valence electrons. The van der Waals surface area contributed by atoms with Gasteiger partial charge in [0.15, 0.2) is 0 Å². The molecule has 0 aliphatic heterocycles. The van der Waals surface area contributed by atoms with Crippen molar-refractivity contribution < 1.29 is 34.3 Å². The Hall–Kier alpha value is 0.506. The summed E-state index contributed by atoms with van der Waals surface area (Å²) in [6.45, 7) is 4.58. The minimum atomic E-state index is -4.49. The van der Waals surface area contributed by atoms with Crippen LogP contribution in [0.1, 0.15) is 219 Å². The molecule has 0 fully saturated rings. The van der Waals surface area contributed by atoms with Crippen LogP contribution in [0.25, 0.3) is 0 Å². The van der Waals surface area contributed by atoms with Crippen LogP contribution >= 0.6 is 0 Å². The van der Waals surface area contributed by atoms with Crippen LogP contribution in [0, 0.1) is 0 Å². The molecule has 0 spiro atoms. The molecule has 0 aromatic heterocycles. The molecule has 0 N–H and O–H groups in total. The zero-order chi connectivity index (χ0) is 34.5. The van der Waals surface area contributed by atoms with Crippen molar-refractivity contribution in [1.29, 1.82) is 0 Å². The summed E-state index contributed by atoms with van der Waals surface area (Å²) in [7, 11) is -8.99. The number of unbranched alkanes of at least 4 members (excludes halogenated alkanes) is 30.